The summed E-state index contributed by atoms with van der Waals surface area (Å²) in [6, 6.07) is 4.89. The topological polar surface area (TPSA) is 70.8 Å². The van der Waals surface area contributed by atoms with E-state index < -0.39 is 11.9 Å². The predicted octanol–water partition coefficient (Wildman–Crippen LogP) is 1.97. The van der Waals surface area contributed by atoms with Crippen LogP contribution in [-0.4, -0.2) is 35.8 Å². The Bertz CT molecular complexity index is 895. The van der Waals surface area contributed by atoms with Crippen LogP contribution in [-0.2, 0) is 4.79 Å². The van der Waals surface area contributed by atoms with Gasteiger partial charge in [0.05, 0.1) is 10.9 Å². The van der Waals surface area contributed by atoms with E-state index in [1.54, 1.807) is 12.1 Å². The van der Waals surface area contributed by atoms with Crippen LogP contribution in [0.4, 0.5) is 4.79 Å². The van der Waals surface area contributed by atoms with Crippen molar-refractivity contribution >= 4 is 29.0 Å². The van der Waals surface area contributed by atoms with Crippen LogP contribution >= 0.6 is 0 Å². The van der Waals surface area contributed by atoms with Gasteiger partial charge in [-0.3, -0.25) is 19.4 Å². The highest BCUT2D eigenvalue weighted by Crippen LogP contribution is 2.20. The third-order valence-corrected chi connectivity index (χ3v) is 3.71. The van der Waals surface area contributed by atoms with E-state index in [4.69, 9.17) is 4.42 Å². The minimum absolute atomic E-state index is 0.145. The van der Waals surface area contributed by atoms with E-state index in [-0.39, 0.29) is 16.7 Å². The second-order valence-corrected chi connectivity index (χ2v) is 5.26. The average Bonchev–Trinajstić information content (AvgIpc) is 2.68. The van der Waals surface area contributed by atoms with E-state index in [1.165, 1.54) is 31.3 Å². The number of benzene rings is 1. The molecule has 3 rings (SSSR count). The Morgan fingerprint density at radius 1 is 1.09 bits per heavy atom. The molecule has 2 aromatic rings. The van der Waals surface area contributed by atoms with Gasteiger partial charge in [0.25, 0.3) is 5.91 Å². The third kappa shape index (κ3) is 2.00. The zero-order valence-electron chi connectivity index (χ0n) is 12.4. The first kappa shape index (κ1) is 14.1. The smallest absolute Gasteiger partial charge is 0.331 e. The van der Waals surface area contributed by atoms with Crippen molar-refractivity contribution in [3.8, 4) is 0 Å². The van der Waals surface area contributed by atoms with Crippen LogP contribution in [0.15, 0.2) is 39.4 Å². The van der Waals surface area contributed by atoms with Gasteiger partial charge in [0, 0.05) is 14.1 Å². The van der Waals surface area contributed by atoms with E-state index in [2.05, 4.69) is 0 Å². The molecule has 1 fully saturated rings. The summed E-state index contributed by atoms with van der Waals surface area (Å²) in [6.07, 6.45) is 2.69. The van der Waals surface area contributed by atoms with Crippen molar-refractivity contribution in [2.45, 2.75) is 6.92 Å². The Hall–Kier alpha value is -2.89. The maximum absolute atomic E-state index is 12.5. The quantitative estimate of drug-likeness (QED) is 0.596. The molecule has 0 atom stereocenters. The predicted molar refractivity (Wildman–Crippen MR) is 81.1 cm³/mol. The lowest BCUT2D eigenvalue weighted by molar-refractivity contribution is -0.122. The van der Waals surface area contributed by atoms with Gasteiger partial charge >= 0.3 is 6.03 Å². The van der Waals surface area contributed by atoms with Crippen molar-refractivity contribution in [1.29, 1.82) is 0 Å². The Balaban J connectivity index is 2.18. The summed E-state index contributed by atoms with van der Waals surface area (Å²) in [4.78, 5) is 38.5. The fraction of sp³-hybridized carbons (Fsp3) is 0.188. The van der Waals surface area contributed by atoms with Gasteiger partial charge in [-0.2, -0.15) is 0 Å². The molecule has 0 spiro atoms. The highest BCUT2D eigenvalue weighted by atomic mass is 16.3. The fourth-order valence-corrected chi connectivity index (χ4v) is 2.40. The lowest BCUT2D eigenvalue weighted by atomic mass is 10.1. The number of aryl methyl sites for hydroxylation is 1. The Morgan fingerprint density at radius 2 is 1.82 bits per heavy atom. The van der Waals surface area contributed by atoms with Crippen LogP contribution in [0.2, 0.25) is 0 Å². The molecule has 3 amide bonds. The lowest BCUT2D eigenvalue weighted by Gasteiger charge is -2.07. The number of urea groups is 1. The van der Waals surface area contributed by atoms with Crippen LogP contribution in [0.5, 0.6) is 0 Å². The number of amides is 3. The first-order valence-electron chi connectivity index (χ1n) is 6.70. The molecule has 0 bridgehead atoms. The molecule has 6 nitrogen and oxygen atoms in total. The maximum atomic E-state index is 12.5. The van der Waals surface area contributed by atoms with E-state index in [0.29, 0.717) is 11.0 Å². The third-order valence-electron chi connectivity index (χ3n) is 3.71. The molecule has 1 saturated heterocycles. The van der Waals surface area contributed by atoms with E-state index in [0.717, 1.165) is 10.5 Å². The van der Waals surface area contributed by atoms with Crippen LogP contribution in [0.25, 0.3) is 17.0 Å². The van der Waals surface area contributed by atoms with Crippen molar-refractivity contribution in [2.24, 2.45) is 0 Å². The van der Waals surface area contributed by atoms with Gasteiger partial charge in [0.1, 0.15) is 17.5 Å². The number of fused-ring (bicyclic) bond motifs is 1. The lowest BCUT2D eigenvalue weighted by Crippen LogP contribution is -2.27. The van der Waals surface area contributed by atoms with Crippen LogP contribution in [0.3, 0.4) is 0 Å². The summed E-state index contributed by atoms with van der Waals surface area (Å²) in [6.45, 7) is 1.88. The molecule has 22 heavy (non-hydrogen) atoms. The first-order chi connectivity index (χ1) is 10.4. The Labute approximate surface area is 126 Å². The van der Waals surface area contributed by atoms with E-state index >= 15 is 0 Å². The molecule has 2 heterocycles. The first-order valence-corrected chi connectivity index (χ1v) is 6.70. The number of imide groups is 1. The second kappa shape index (κ2) is 4.84. The standard InChI is InChI=1S/C16H14N2O4/c1-9-4-5-13-11(6-9)14(19)10(8-22-13)7-12-15(20)18(3)16(21)17(12)2/h4-8H,1-3H3/b12-7-. The van der Waals surface area contributed by atoms with E-state index in [9.17, 15) is 14.4 Å². The summed E-state index contributed by atoms with van der Waals surface area (Å²) < 4.78 is 5.44. The summed E-state index contributed by atoms with van der Waals surface area (Å²) in [5.74, 6) is -0.448. The van der Waals surface area contributed by atoms with Gasteiger partial charge < -0.3 is 4.42 Å². The van der Waals surface area contributed by atoms with Crippen molar-refractivity contribution in [2.75, 3.05) is 14.1 Å². The number of rotatable bonds is 1. The second-order valence-electron chi connectivity index (χ2n) is 5.26. The summed E-state index contributed by atoms with van der Waals surface area (Å²) >= 11 is 0. The van der Waals surface area contributed by atoms with Crippen LogP contribution in [0.1, 0.15) is 11.1 Å². The largest absolute Gasteiger partial charge is 0.463 e. The number of hydrogen-bond donors (Lipinski definition) is 0. The van der Waals surface area contributed by atoms with Crippen LogP contribution in [0, 0.1) is 6.92 Å². The molecule has 6 heteroatoms. The zero-order valence-corrected chi connectivity index (χ0v) is 12.4. The van der Waals surface area contributed by atoms with Crippen molar-refractivity contribution in [3.05, 3.63) is 51.5 Å². The number of nitrogens with zero attached hydrogens (tertiary/aromatic N) is 2. The minimum atomic E-state index is -0.448. The van der Waals surface area contributed by atoms with Gasteiger partial charge in [-0.05, 0) is 25.1 Å². The average molecular weight is 298 g/mol. The molecular formula is C16H14N2O4. The fourth-order valence-electron chi connectivity index (χ4n) is 2.40. The van der Waals surface area contributed by atoms with Crippen molar-refractivity contribution < 1.29 is 14.0 Å². The van der Waals surface area contributed by atoms with Gasteiger partial charge in [0.15, 0.2) is 5.43 Å². The number of carbonyl (C=O) groups excluding carboxylic acids is 2. The molecule has 1 aromatic carbocycles. The summed E-state index contributed by atoms with van der Waals surface area (Å²) in [5, 5.41) is 0.446. The molecule has 1 aromatic heterocycles. The maximum Gasteiger partial charge on any atom is 0.331 e. The molecule has 0 N–H and O–H groups in total. The van der Waals surface area contributed by atoms with Crippen LogP contribution < -0.4 is 5.43 Å². The van der Waals surface area contributed by atoms with Gasteiger partial charge in [-0.25, -0.2) is 4.79 Å². The molecule has 0 aliphatic carbocycles. The summed E-state index contributed by atoms with van der Waals surface area (Å²) in [7, 11) is 2.89. The number of likely N-dealkylation sites (N-methyl/N-ethyl adjacent to an activating group) is 2. The van der Waals surface area contributed by atoms with Gasteiger partial charge in [-0.1, -0.05) is 11.6 Å². The number of hydrogen-bond acceptors (Lipinski definition) is 4. The molecular weight excluding hydrogens is 284 g/mol. The van der Waals surface area contributed by atoms with Crippen molar-refractivity contribution in [3.63, 3.8) is 0 Å². The minimum Gasteiger partial charge on any atom is -0.463 e. The summed E-state index contributed by atoms with van der Waals surface area (Å²) in [5.41, 5.74) is 1.56. The highest BCUT2D eigenvalue weighted by molar-refractivity contribution is 6.13. The molecule has 0 saturated carbocycles. The SMILES string of the molecule is Cc1ccc2occ(/C=C3/C(=O)N(C)C(=O)N3C)c(=O)c2c1. The van der Waals surface area contributed by atoms with Gasteiger partial charge in [0.2, 0.25) is 0 Å². The Kier molecular flexibility index (Phi) is 3.09. The molecule has 1 aliphatic heterocycles. The molecule has 0 unspecified atom stereocenters. The monoisotopic (exact) mass is 298 g/mol. The number of carbonyl (C=O) groups is 2. The highest BCUT2D eigenvalue weighted by Gasteiger charge is 2.36. The van der Waals surface area contributed by atoms with Crippen molar-refractivity contribution in [1.82, 2.24) is 9.80 Å². The molecule has 0 radical (unpaired) electrons. The van der Waals surface area contributed by atoms with Gasteiger partial charge in [-0.15, -0.1) is 0 Å². The zero-order chi connectivity index (χ0) is 16.0. The molecule has 112 valence electrons. The van der Waals surface area contributed by atoms with E-state index in [1.807, 2.05) is 13.0 Å². The Morgan fingerprint density at radius 3 is 2.45 bits per heavy atom. The normalized spacial score (nSPS) is 17.1. The molecule has 1 aliphatic rings.